The van der Waals surface area contributed by atoms with E-state index in [4.69, 9.17) is 16.0 Å². The lowest BCUT2D eigenvalue weighted by atomic mass is 10.1. The van der Waals surface area contributed by atoms with Crippen LogP contribution in [0.4, 0.5) is 0 Å². The summed E-state index contributed by atoms with van der Waals surface area (Å²) in [5, 5.41) is 1.44. The van der Waals surface area contributed by atoms with Crippen LogP contribution in [-0.2, 0) is 0 Å². The minimum atomic E-state index is -0.0789. The first-order valence-electron chi connectivity index (χ1n) is 6.07. The van der Waals surface area contributed by atoms with Crippen molar-refractivity contribution < 1.29 is 9.21 Å². The van der Waals surface area contributed by atoms with Gasteiger partial charge in [-0.1, -0.05) is 23.7 Å². The average molecular weight is 266 g/mol. The van der Waals surface area contributed by atoms with E-state index in [2.05, 4.69) is 0 Å². The van der Waals surface area contributed by atoms with Gasteiger partial charge >= 0.3 is 0 Å². The topological polar surface area (TPSA) is 33.5 Å². The molecule has 0 N–H and O–H groups in total. The molecule has 1 amide bonds. The van der Waals surface area contributed by atoms with Crippen LogP contribution in [0.3, 0.4) is 0 Å². The van der Waals surface area contributed by atoms with Gasteiger partial charge in [0.15, 0.2) is 11.3 Å². The standard InChI is InChI=1S/C14H16ClNO2/c1-4-16(5-2)14(17)12-9(3)10-7-6-8-11(15)13(10)18-12/h6-8H,4-5H2,1-3H3. The number of amides is 1. The van der Waals surface area contributed by atoms with Gasteiger partial charge in [0.1, 0.15) is 0 Å². The molecule has 0 saturated carbocycles. The predicted molar refractivity (Wildman–Crippen MR) is 73.2 cm³/mol. The SMILES string of the molecule is CCN(CC)C(=O)c1oc2c(Cl)cccc2c1C. The molecule has 0 saturated heterocycles. The molecule has 0 fully saturated rings. The molecule has 0 atom stereocenters. The number of fused-ring (bicyclic) bond motifs is 1. The number of benzene rings is 1. The van der Waals surface area contributed by atoms with Crippen molar-refractivity contribution in [2.24, 2.45) is 0 Å². The number of hydrogen-bond acceptors (Lipinski definition) is 2. The third-order valence-corrected chi connectivity index (χ3v) is 3.46. The van der Waals surface area contributed by atoms with E-state index < -0.39 is 0 Å². The Balaban J connectivity index is 2.55. The lowest BCUT2D eigenvalue weighted by Crippen LogP contribution is -2.30. The monoisotopic (exact) mass is 265 g/mol. The van der Waals surface area contributed by atoms with Crippen LogP contribution < -0.4 is 0 Å². The van der Waals surface area contributed by atoms with Crippen molar-refractivity contribution in [3.05, 3.63) is 34.5 Å². The minimum Gasteiger partial charge on any atom is -0.449 e. The molecule has 3 nitrogen and oxygen atoms in total. The quantitative estimate of drug-likeness (QED) is 0.844. The fraction of sp³-hybridized carbons (Fsp3) is 0.357. The highest BCUT2D eigenvalue weighted by Gasteiger charge is 2.22. The van der Waals surface area contributed by atoms with E-state index in [1.807, 2.05) is 32.9 Å². The van der Waals surface area contributed by atoms with Gasteiger partial charge in [-0.3, -0.25) is 4.79 Å². The number of halogens is 1. The molecule has 0 bridgehead atoms. The molecular weight excluding hydrogens is 250 g/mol. The van der Waals surface area contributed by atoms with Crippen LogP contribution in [0.5, 0.6) is 0 Å². The van der Waals surface area contributed by atoms with Crippen molar-refractivity contribution in [1.29, 1.82) is 0 Å². The van der Waals surface area contributed by atoms with Crippen LogP contribution in [0, 0.1) is 6.92 Å². The molecule has 2 aromatic rings. The van der Waals surface area contributed by atoms with Gasteiger partial charge in [-0.05, 0) is 26.8 Å². The van der Waals surface area contributed by atoms with Gasteiger partial charge in [0.05, 0.1) is 5.02 Å². The molecule has 0 unspecified atom stereocenters. The van der Waals surface area contributed by atoms with Crippen LogP contribution in [-0.4, -0.2) is 23.9 Å². The Morgan fingerprint density at radius 3 is 2.56 bits per heavy atom. The Morgan fingerprint density at radius 2 is 2.00 bits per heavy atom. The maximum absolute atomic E-state index is 12.3. The third-order valence-electron chi connectivity index (χ3n) is 3.16. The highest BCUT2D eigenvalue weighted by Crippen LogP contribution is 2.31. The molecule has 1 heterocycles. The average Bonchev–Trinajstić information content (AvgIpc) is 2.70. The molecule has 18 heavy (non-hydrogen) atoms. The van der Waals surface area contributed by atoms with E-state index in [9.17, 15) is 4.79 Å². The molecule has 0 aliphatic heterocycles. The molecule has 2 rings (SSSR count). The van der Waals surface area contributed by atoms with E-state index in [0.29, 0.717) is 29.5 Å². The lowest BCUT2D eigenvalue weighted by Gasteiger charge is -2.17. The molecule has 0 radical (unpaired) electrons. The Hall–Kier alpha value is -1.48. The van der Waals surface area contributed by atoms with E-state index in [-0.39, 0.29) is 5.91 Å². The summed E-state index contributed by atoms with van der Waals surface area (Å²) >= 11 is 6.08. The number of carbonyl (C=O) groups excluding carboxylic acids is 1. The fourth-order valence-electron chi connectivity index (χ4n) is 2.07. The number of carbonyl (C=O) groups is 1. The highest BCUT2D eigenvalue weighted by molar-refractivity contribution is 6.35. The van der Waals surface area contributed by atoms with E-state index >= 15 is 0 Å². The summed E-state index contributed by atoms with van der Waals surface area (Å²) in [6.07, 6.45) is 0. The van der Waals surface area contributed by atoms with Gasteiger partial charge < -0.3 is 9.32 Å². The number of aryl methyl sites for hydroxylation is 1. The van der Waals surface area contributed by atoms with Gasteiger partial charge in [-0.2, -0.15) is 0 Å². The van der Waals surface area contributed by atoms with Gasteiger partial charge in [-0.15, -0.1) is 0 Å². The van der Waals surface area contributed by atoms with Crippen molar-refractivity contribution in [1.82, 2.24) is 4.90 Å². The van der Waals surface area contributed by atoms with Crippen molar-refractivity contribution in [3.8, 4) is 0 Å². The van der Waals surface area contributed by atoms with Gasteiger partial charge in [0.25, 0.3) is 5.91 Å². The second kappa shape index (κ2) is 5.02. The molecular formula is C14H16ClNO2. The van der Waals surface area contributed by atoms with E-state index in [0.717, 1.165) is 10.9 Å². The first kappa shape index (κ1) is 13.0. The normalized spacial score (nSPS) is 10.9. The fourth-order valence-corrected chi connectivity index (χ4v) is 2.28. The summed E-state index contributed by atoms with van der Waals surface area (Å²) in [4.78, 5) is 14.0. The van der Waals surface area contributed by atoms with E-state index in [1.54, 1.807) is 11.0 Å². The largest absolute Gasteiger partial charge is 0.449 e. The first-order chi connectivity index (χ1) is 8.60. The van der Waals surface area contributed by atoms with Crippen molar-refractivity contribution in [2.45, 2.75) is 20.8 Å². The Kier molecular flexibility index (Phi) is 3.62. The second-order valence-corrected chi connectivity index (χ2v) is 4.56. The number of hydrogen-bond donors (Lipinski definition) is 0. The van der Waals surface area contributed by atoms with Crippen molar-refractivity contribution >= 4 is 28.5 Å². The number of nitrogens with zero attached hydrogens (tertiary/aromatic N) is 1. The maximum Gasteiger partial charge on any atom is 0.289 e. The summed E-state index contributed by atoms with van der Waals surface area (Å²) < 4.78 is 5.65. The lowest BCUT2D eigenvalue weighted by molar-refractivity contribution is 0.0742. The molecule has 1 aromatic heterocycles. The summed E-state index contributed by atoms with van der Waals surface area (Å²) in [6.45, 7) is 7.12. The first-order valence-corrected chi connectivity index (χ1v) is 6.44. The summed E-state index contributed by atoms with van der Waals surface area (Å²) in [7, 11) is 0. The summed E-state index contributed by atoms with van der Waals surface area (Å²) in [6, 6.07) is 5.54. The molecule has 1 aromatic carbocycles. The third kappa shape index (κ3) is 1.99. The molecule has 0 aliphatic carbocycles. The van der Waals surface area contributed by atoms with Crippen LogP contribution in [0.15, 0.2) is 22.6 Å². The Morgan fingerprint density at radius 1 is 1.33 bits per heavy atom. The summed E-state index contributed by atoms with van der Waals surface area (Å²) in [5.74, 6) is 0.312. The van der Waals surface area contributed by atoms with Crippen molar-refractivity contribution in [3.63, 3.8) is 0 Å². The Bertz CT molecular complexity index is 585. The second-order valence-electron chi connectivity index (χ2n) is 4.15. The van der Waals surface area contributed by atoms with Crippen LogP contribution in [0.25, 0.3) is 11.0 Å². The smallest absolute Gasteiger partial charge is 0.289 e. The molecule has 96 valence electrons. The van der Waals surface area contributed by atoms with Crippen LogP contribution in [0.1, 0.15) is 30.0 Å². The van der Waals surface area contributed by atoms with Gasteiger partial charge in [0.2, 0.25) is 0 Å². The zero-order valence-corrected chi connectivity index (χ0v) is 11.5. The molecule has 4 heteroatoms. The molecule has 0 spiro atoms. The van der Waals surface area contributed by atoms with Crippen molar-refractivity contribution in [2.75, 3.05) is 13.1 Å². The maximum atomic E-state index is 12.3. The van der Waals surface area contributed by atoms with Crippen LogP contribution in [0.2, 0.25) is 5.02 Å². The number of furan rings is 1. The van der Waals surface area contributed by atoms with E-state index in [1.165, 1.54) is 0 Å². The highest BCUT2D eigenvalue weighted by atomic mass is 35.5. The van der Waals surface area contributed by atoms with Gasteiger partial charge in [0, 0.05) is 24.0 Å². The Labute approximate surface area is 111 Å². The zero-order valence-electron chi connectivity index (χ0n) is 10.8. The summed E-state index contributed by atoms with van der Waals surface area (Å²) in [5.41, 5.74) is 1.44. The van der Waals surface area contributed by atoms with Gasteiger partial charge in [-0.25, -0.2) is 0 Å². The molecule has 0 aliphatic rings. The minimum absolute atomic E-state index is 0.0789. The zero-order chi connectivity index (χ0) is 13.3. The number of rotatable bonds is 3. The van der Waals surface area contributed by atoms with Crippen LogP contribution >= 0.6 is 11.6 Å². The predicted octanol–water partition coefficient (Wildman–Crippen LogP) is 3.88. The number of para-hydroxylation sites is 1.